The average Bonchev–Trinajstić information content (AvgIpc) is 1.68. The van der Waals surface area contributed by atoms with Gasteiger partial charge >= 0.3 is 5.97 Å². The van der Waals surface area contributed by atoms with Gasteiger partial charge in [-0.1, -0.05) is 31.2 Å². The molecule has 9 aromatic rings. The number of aliphatic hydroxyl groups excluding tert-OH is 1. The van der Waals surface area contributed by atoms with Gasteiger partial charge in [-0.2, -0.15) is 0 Å². The number of anilines is 8. The van der Waals surface area contributed by atoms with Crippen molar-refractivity contribution < 1.29 is 67.4 Å². The third kappa shape index (κ3) is 19.9. The van der Waals surface area contributed by atoms with E-state index in [1.54, 1.807) is 47.4 Å². The molecular weight excluding hydrogens is 1350 g/mol. The fourth-order valence-corrected chi connectivity index (χ4v) is 10.5. The second-order valence-corrected chi connectivity index (χ2v) is 23.9. The highest BCUT2D eigenvalue weighted by molar-refractivity contribution is 6.09. The first-order valence-electron chi connectivity index (χ1n) is 32.3. The number of aromatic nitrogens is 12. The van der Waals surface area contributed by atoms with Crippen molar-refractivity contribution in [2.45, 2.75) is 65.3 Å². The molecule has 10 amide bonds. The van der Waals surface area contributed by atoms with Gasteiger partial charge in [0, 0.05) is 125 Å². The van der Waals surface area contributed by atoms with E-state index in [2.05, 4.69) is 83.4 Å². The van der Waals surface area contributed by atoms with Crippen LogP contribution in [0.15, 0.2) is 98.1 Å². The topological polar surface area (TPSA) is 495 Å². The van der Waals surface area contributed by atoms with Crippen molar-refractivity contribution in [3.05, 3.63) is 155 Å². The number of nitrogens with two attached hydrogens (primary N) is 1. The van der Waals surface area contributed by atoms with Crippen molar-refractivity contribution in [1.29, 1.82) is 0 Å². The number of aromatic amines is 1. The quantitative estimate of drug-likeness (QED) is 0.0121. The molecule has 15 N–H and O–H groups in total. The fraction of sp³-hybridized carbons (Fsp3) is 0.303. The molecule has 546 valence electrons. The summed E-state index contributed by atoms with van der Waals surface area (Å²) in [5, 5.41) is 39.3. The maximum absolute atomic E-state index is 13.6. The molecule has 38 nitrogen and oxygen atoms in total. The van der Waals surface area contributed by atoms with E-state index >= 15 is 0 Å². The van der Waals surface area contributed by atoms with E-state index < -0.39 is 77.7 Å². The molecule has 1 atom stereocenters. The van der Waals surface area contributed by atoms with Crippen LogP contribution in [0, 0.1) is 0 Å². The van der Waals surface area contributed by atoms with E-state index in [1.165, 1.54) is 120 Å². The summed E-state index contributed by atoms with van der Waals surface area (Å²) in [5.74, 6) is -6.99. The molecule has 9 rings (SSSR count). The summed E-state index contributed by atoms with van der Waals surface area (Å²) < 4.78 is 15.1. The van der Waals surface area contributed by atoms with Crippen LogP contribution in [-0.4, -0.2) is 165 Å². The number of hydrogen-bond donors (Lipinski definition) is 14. The minimum atomic E-state index is -0.725. The van der Waals surface area contributed by atoms with Crippen molar-refractivity contribution in [3.8, 4) is 0 Å². The Morgan fingerprint density at radius 1 is 0.500 bits per heavy atom. The standard InChI is InChI=1S/C66H78N24O14/c1-9-68-53(94)20-37-14-16-38(17-15-37)35-104-55(96)26-71-54(95)34-90-29-42(22-44(90)36(2)91)75-66(103)59-81-50(33-89(59)8)83-62(99)46-24-41(28-85(46)4)74-64(101)57-79-48(31-87(57)6)77-52(93)13-11-19-69-61(98)45-23-40(27-84(45)3)73-65(102)58-80-49(32-88(58)7)82-60(97)43-21-39(25-70-43)72-63(100)56-78-47(30-86(56)5)76-51(92)12-10-18-67/h14-17,21-25,27-33,53,68,70,94H,9-13,18-20,26,34-35,67H2,1-8H3,(H,69,98)(H,71,95)(H,72,100)(H,73,102)(H,74,101)(H,75,103)(H,76,92)(H,77,93)(H,82,97)(H,83,99). The van der Waals surface area contributed by atoms with E-state index in [-0.39, 0.29) is 137 Å². The van der Waals surface area contributed by atoms with Crippen LogP contribution < -0.4 is 64.2 Å². The molecule has 0 saturated carbocycles. The van der Waals surface area contributed by atoms with Gasteiger partial charge < -0.3 is 106 Å². The summed E-state index contributed by atoms with van der Waals surface area (Å²) in [6.45, 7) is 3.35. The van der Waals surface area contributed by atoms with Crippen LogP contribution in [0.2, 0.25) is 0 Å². The lowest BCUT2D eigenvalue weighted by molar-refractivity contribution is -0.145. The minimum absolute atomic E-state index is 0.00357. The Balaban J connectivity index is 0.678. The Bertz CT molecular complexity index is 4750. The van der Waals surface area contributed by atoms with Crippen LogP contribution in [0.1, 0.15) is 135 Å². The zero-order valence-electron chi connectivity index (χ0n) is 57.8. The van der Waals surface area contributed by atoms with Crippen molar-refractivity contribution in [2.24, 2.45) is 48.0 Å². The number of ketones is 1. The molecule has 0 aliphatic heterocycles. The Hall–Kier alpha value is -13.1. The normalized spacial score (nSPS) is 11.3. The number of ether oxygens (including phenoxy) is 1. The summed E-state index contributed by atoms with van der Waals surface area (Å²) in [6.07, 6.45) is 12.0. The Kier molecular flexibility index (Phi) is 24.4. The van der Waals surface area contributed by atoms with Gasteiger partial charge in [-0.05, 0) is 61.3 Å². The molecule has 8 aromatic heterocycles. The van der Waals surface area contributed by atoms with Crippen LogP contribution >= 0.6 is 0 Å². The molecule has 1 unspecified atom stereocenters. The van der Waals surface area contributed by atoms with Gasteiger partial charge in [-0.3, -0.25) is 62.9 Å². The number of likely N-dealkylation sites (N-methyl/N-ethyl adjacent to an activating group) is 1. The number of Topliss-reactive ketones (excluding diaryl/α,β-unsaturated/α-hetero) is 1. The lowest BCUT2D eigenvalue weighted by Crippen LogP contribution is -2.33. The third-order valence-electron chi connectivity index (χ3n) is 15.5. The van der Waals surface area contributed by atoms with Crippen LogP contribution in [0.4, 0.5) is 46.0 Å². The number of imidazole rings is 4. The zero-order chi connectivity index (χ0) is 75.1. The van der Waals surface area contributed by atoms with Crippen molar-refractivity contribution in [3.63, 3.8) is 0 Å². The lowest BCUT2D eigenvalue weighted by Gasteiger charge is -2.12. The molecule has 8 heterocycles. The highest BCUT2D eigenvalue weighted by Gasteiger charge is 2.25. The Morgan fingerprint density at radius 2 is 0.952 bits per heavy atom. The smallest absolute Gasteiger partial charge is 0.325 e. The number of aliphatic hydroxyl groups is 1. The number of nitrogens with one attached hydrogen (secondary N) is 12. The molecular formula is C66H78N24O14. The van der Waals surface area contributed by atoms with Crippen molar-refractivity contribution in [2.75, 3.05) is 68.7 Å². The van der Waals surface area contributed by atoms with Gasteiger partial charge in [0.25, 0.3) is 41.4 Å². The Morgan fingerprint density at radius 3 is 1.45 bits per heavy atom. The molecule has 0 saturated heterocycles. The Labute approximate surface area is 592 Å². The largest absolute Gasteiger partial charge is 0.460 e. The fourth-order valence-electron chi connectivity index (χ4n) is 10.5. The van der Waals surface area contributed by atoms with Gasteiger partial charge in [-0.15, -0.1) is 0 Å². The number of esters is 1. The highest BCUT2D eigenvalue weighted by atomic mass is 16.5. The summed E-state index contributed by atoms with van der Waals surface area (Å²) >= 11 is 0. The lowest BCUT2D eigenvalue weighted by atomic mass is 10.1. The molecule has 104 heavy (non-hydrogen) atoms. The molecule has 0 bridgehead atoms. The maximum Gasteiger partial charge on any atom is 0.325 e. The van der Waals surface area contributed by atoms with E-state index in [4.69, 9.17) is 10.5 Å². The molecule has 0 aliphatic carbocycles. The number of carbonyl (C=O) groups excluding carboxylic acids is 12. The number of H-pyrrole nitrogens is 1. The first-order valence-corrected chi connectivity index (χ1v) is 32.3. The SMILES string of the molecule is CCNC(O)Cc1ccc(COC(=O)CNC(=O)Cn2cc(NC(=O)c3nc(NC(=O)c4cc(NC(=O)c5nc(NC(=O)CCCNC(=O)c6cc(NC(=O)c7nc(NC(=O)c8cc(NC(=O)c9nc(NC(=O)CCCN)cn9C)c[nH]8)cn7C)cn6C)cn5C)cn4C)cn3C)cc2C(C)=O)cc1. The number of carbonyl (C=O) groups is 12. The van der Waals surface area contributed by atoms with Crippen LogP contribution in [0.5, 0.6) is 0 Å². The molecule has 1 aromatic carbocycles. The molecule has 0 fully saturated rings. The molecule has 0 aliphatic rings. The van der Waals surface area contributed by atoms with Gasteiger partial charge in [0.15, 0.2) is 29.1 Å². The monoisotopic (exact) mass is 1430 g/mol. The predicted octanol–water partition coefficient (Wildman–Crippen LogP) is 2.30. The first kappa shape index (κ1) is 75.1. The zero-order valence-corrected chi connectivity index (χ0v) is 57.8. The summed E-state index contributed by atoms with van der Waals surface area (Å²) in [5.41, 5.74) is 8.31. The number of rotatable bonds is 33. The van der Waals surface area contributed by atoms with Gasteiger partial charge in [0.1, 0.15) is 43.0 Å². The minimum Gasteiger partial charge on any atom is -0.460 e. The third-order valence-corrected chi connectivity index (χ3v) is 15.5. The van der Waals surface area contributed by atoms with Gasteiger partial charge in [0.2, 0.25) is 41.0 Å². The van der Waals surface area contributed by atoms with Crippen molar-refractivity contribution in [1.82, 2.24) is 72.8 Å². The summed E-state index contributed by atoms with van der Waals surface area (Å²) in [6, 6.07) is 12.8. The van der Waals surface area contributed by atoms with Crippen LogP contribution in [0.25, 0.3) is 0 Å². The average molecular weight is 1430 g/mol. The predicted molar refractivity (Wildman–Crippen MR) is 376 cm³/mol. The maximum atomic E-state index is 13.6. The van der Waals surface area contributed by atoms with Gasteiger partial charge in [-0.25, -0.2) is 19.9 Å². The second kappa shape index (κ2) is 33.8. The van der Waals surface area contributed by atoms with E-state index in [1.807, 2.05) is 19.1 Å². The van der Waals surface area contributed by atoms with E-state index in [0.717, 1.165) is 5.56 Å². The summed E-state index contributed by atoms with van der Waals surface area (Å²) in [7, 11) is 9.34. The van der Waals surface area contributed by atoms with Crippen LogP contribution in [-0.2, 0) is 85.8 Å². The van der Waals surface area contributed by atoms with E-state index in [9.17, 15) is 62.6 Å². The number of amides is 10. The summed E-state index contributed by atoms with van der Waals surface area (Å²) in [4.78, 5) is 176. The first-order chi connectivity index (χ1) is 49.6. The molecule has 38 heteroatoms. The van der Waals surface area contributed by atoms with Gasteiger partial charge in [0.05, 0.1) is 28.4 Å². The molecule has 0 spiro atoms. The number of aryl methyl sites for hydroxylation is 6. The van der Waals surface area contributed by atoms with E-state index in [0.29, 0.717) is 31.5 Å². The van der Waals surface area contributed by atoms with Crippen molar-refractivity contribution >= 4 is 117 Å². The number of benzene rings is 1. The molecule has 0 radical (unpaired) electrons. The number of hydrogen-bond acceptors (Lipinski definition) is 20. The highest BCUT2D eigenvalue weighted by Crippen LogP contribution is 2.22. The second-order valence-electron chi connectivity index (χ2n) is 23.9. The number of nitrogens with zero attached hydrogens (tertiary/aromatic N) is 11. The van der Waals surface area contributed by atoms with Crippen LogP contribution in [0.3, 0.4) is 0 Å².